The van der Waals surface area contributed by atoms with Crippen LogP contribution in [0.1, 0.15) is 12.0 Å². The van der Waals surface area contributed by atoms with Crippen molar-refractivity contribution in [2.45, 2.75) is 13.0 Å². The number of amides is 1. The summed E-state index contributed by atoms with van der Waals surface area (Å²) >= 11 is 5.43. The zero-order valence-corrected chi connectivity index (χ0v) is 19.0. The van der Waals surface area contributed by atoms with Crippen LogP contribution in [0.2, 0.25) is 0 Å². The minimum Gasteiger partial charge on any atom is -0.491 e. The number of carbonyl (C=O) groups excluding carboxylic acids is 1. The molecule has 11 heteroatoms. The van der Waals surface area contributed by atoms with Crippen molar-refractivity contribution in [3.8, 4) is 11.5 Å². The Morgan fingerprint density at radius 1 is 1.24 bits per heavy atom. The minimum absolute atomic E-state index is 0.0466. The lowest BCUT2D eigenvalue weighted by molar-refractivity contribution is -0.117. The summed E-state index contributed by atoms with van der Waals surface area (Å²) in [6.07, 6.45) is 3.75. The van der Waals surface area contributed by atoms with Crippen molar-refractivity contribution in [2.75, 3.05) is 39.3 Å². The smallest absolute Gasteiger partial charge is 0.256 e. The molecule has 0 saturated carbocycles. The number of nitrogens with zero attached hydrogens (tertiary/aromatic N) is 1. The number of rotatable bonds is 10. The molecular weight excluding hydrogens is 454 g/mol. The van der Waals surface area contributed by atoms with Crippen LogP contribution in [-0.2, 0) is 16.1 Å². The summed E-state index contributed by atoms with van der Waals surface area (Å²) in [7, 11) is 2.80. The molecule has 3 N–H and O–H groups in total. The predicted octanol–water partition coefficient (Wildman–Crippen LogP) is 2.70. The summed E-state index contributed by atoms with van der Waals surface area (Å²) in [5.41, 5.74) is 1.76. The molecule has 0 radical (unpaired) electrons. The number of halogens is 2. The third-order valence-corrected chi connectivity index (χ3v) is 5.13. The van der Waals surface area contributed by atoms with Crippen molar-refractivity contribution >= 4 is 28.8 Å². The molecule has 0 atom stereocenters. The van der Waals surface area contributed by atoms with E-state index in [1.165, 1.54) is 13.2 Å². The summed E-state index contributed by atoms with van der Waals surface area (Å²) in [5, 5.41) is 8.79. The van der Waals surface area contributed by atoms with Gasteiger partial charge in [-0.25, -0.2) is 4.39 Å². The molecular formula is C22H24F2N4O4S. The topological polar surface area (TPSA) is 93.7 Å². The van der Waals surface area contributed by atoms with E-state index in [0.717, 1.165) is 11.6 Å². The highest BCUT2D eigenvalue weighted by Gasteiger charge is 2.25. The molecule has 1 aromatic heterocycles. The highest BCUT2D eigenvalue weighted by molar-refractivity contribution is 7.81. The Kier molecular flexibility index (Phi) is 8.50. The Morgan fingerprint density at radius 2 is 2.06 bits per heavy atom. The first-order valence-corrected chi connectivity index (χ1v) is 10.5. The van der Waals surface area contributed by atoms with Crippen LogP contribution in [0.5, 0.6) is 11.5 Å². The van der Waals surface area contributed by atoms with Crippen LogP contribution in [0.4, 0.5) is 14.5 Å². The van der Waals surface area contributed by atoms with Gasteiger partial charge in [0.15, 0.2) is 11.6 Å². The third kappa shape index (κ3) is 5.93. The number of nitrogens with one attached hydrogen (secondary N) is 3. The van der Waals surface area contributed by atoms with Crippen LogP contribution in [0.25, 0.3) is 0 Å². The maximum Gasteiger partial charge on any atom is 0.256 e. The fraction of sp³-hybridized carbons (Fsp3) is 0.318. The summed E-state index contributed by atoms with van der Waals surface area (Å²) in [4.78, 5) is 16.7. The molecule has 3 rings (SSSR count). The average molecular weight is 479 g/mol. The van der Waals surface area contributed by atoms with Gasteiger partial charge in [-0.3, -0.25) is 9.78 Å². The third-order valence-electron chi connectivity index (χ3n) is 4.83. The zero-order valence-electron chi connectivity index (χ0n) is 18.2. The minimum atomic E-state index is -1.15. The Morgan fingerprint density at radius 3 is 2.82 bits per heavy atom. The van der Waals surface area contributed by atoms with Gasteiger partial charge in [-0.15, -0.1) is 0 Å². The number of carbonyl (C=O) groups is 1. The maximum absolute atomic E-state index is 14.1. The van der Waals surface area contributed by atoms with Crippen LogP contribution >= 0.6 is 12.2 Å². The number of aromatic nitrogens is 1. The lowest BCUT2D eigenvalue weighted by Crippen LogP contribution is -2.39. The standard InChI is InChI=1S/C22H24F2N4O4S/c1-30-9-10-32-17-12-25-7-5-13(17)11-27-15-6-8-26-21(29)18(15)22(33)28-16-4-3-14(23)19(24)20(16)31-2/h3-5,7,12,27H,6,8-11H2,1-2H3,(H,26,29)(H,28,33). The van der Waals surface area contributed by atoms with Crippen molar-refractivity contribution in [3.63, 3.8) is 0 Å². The SMILES string of the molecule is COCCOc1cnccc1CNC1=C(C(=S)Nc2ccc(F)c(F)c2OC)C(=O)NCC1. The van der Waals surface area contributed by atoms with Crippen molar-refractivity contribution in [2.24, 2.45) is 0 Å². The first kappa shape index (κ1) is 24.3. The van der Waals surface area contributed by atoms with Gasteiger partial charge in [-0.05, 0) is 18.2 Å². The van der Waals surface area contributed by atoms with Crippen molar-refractivity contribution in [3.05, 3.63) is 59.1 Å². The van der Waals surface area contributed by atoms with E-state index in [9.17, 15) is 13.6 Å². The Hall–Kier alpha value is -3.31. The first-order valence-electron chi connectivity index (χ1n) is 10.1. The number of methoxy groups -OCH3 is 2. The van der Waals surface area contributed by atoms with Gasteiger partial charge in [0.05, 0.1) is 31.2 Å². The molecule has 1 aliphatic heterocycles. The summed E-state index contributed by atoms with van der Waals surface area (Å²) in [6.45, 7) is 1.59. The molecule has 33 heavy (non-hydrogen) atoms. The van der Waals surface area contributed by atoms with E-state index in [4.69, 9.17) is 26.4 Å². The number of hydrogen-bond acceptors (Lipinski definition) is 7. The Balaban J connectivity index is 1.81. The van der Waals surface area contributed by atoms with E-state index in [1.54, 1.807) is 25.6 Å². The van der Waals surface area contributed by atoms with Crippen LogP contribution in [0.3, 0.4) is 0 Å². The van der Waals surface area contributed by atoms with Crippen LogP contribution in [0.15, 0.2) is 41.9 Å². The maximum atomic E-state index is 14.1. The Bertz CT molecular complexity index is 1060. The van der Waals surface area contributed by atoms with Crippen LogP contribution < -0.4 is 25.4 Å². The fourth-order valence-electron chi connectivity index (χ4n) is 3.20. The number of benzene rings is 1. The number of pyridine rings is 1. The second-order valence-corrected chi connectivity index (χ2v) is 7.34. The normalized spacial score (nSPS) is 13.4. The van der Waals surface area contributed by atoms with Gasteiger partial charge in [-0.2, -0.15) is 4.39 Å². The Labute approximate surface area is 195 Å². The van der Waals surface area contributed by atoms with Gasteiger partial charge < -0.3 is 30.2 Å². The van der Waals surface area contributed by atoms with Gasteiger partial charge in [0.2, 0.25) is 5.82 Å². The van der Waals surface area contributed by atoms with E-state index in [-0.39, 0.29) is 27.9 Å². The molecule has 176 valence electrons. The van der Waals surface area contributed by atoms with E-state index >= 15 is 0 Å². The number of ether oxygens (including phenoxy) is 3. The molecule has 0 aliphatic carbocycles. The van der Waals surface area contributed by atoms with Crippen molar-refractivity contribution in [1.29, 1.82) is 0 Å². The van der Waals surface area contributed by atoms with Gasteiger partial charge in [0.25, 0.3) is 5.91 Å². The predicted molar refractivity (Wildman–Crippen MR) is 122 cm³/mol. The van der Waals surface area contributed by atoms with Gasteiger partial charge in [-0.1, -0.05) is 12.2 Å². The average Bonchev–Trinajstić information content (AvgIpc) is 2.81. The molecule has 0 saturated heterocycles. The molecule has 2 aromatic rings. The lowest BCUT2D eigenvalue weighted by atomic mass is 10.1. The van der Waals surface area contributed by atoms with Gasteiger partial charge in [0.1, 0.15) is 17.3 Å². The molecule has 2 heterocycles. The second kappa shape index (κ2) is 11.5. The molecule has 0 unspecified atom stereocenters. The van der Waals surface area contributed by atoms with E-state index < -0.39 is 11.6 Å². The molecule has 0 bridgehead atoms. The highest BCUT2D eigenvalue weighted by atomic mass is 32.1. The first-order chi connectivity index (χ1) is 16.0. The largest absolute Gasteiger partial charge is 0.491 e. The monoisotopic (exact) mass is 478 g/mol. The quantitative estimate of drug-likeness (QED) is 0.355. The lowest BCUT2D eigenvalue weighted by Gasteiger charge is -2.24. The molecule has 1 amide bonds. The highest BCUT2D eigenvalue weighted by Crippen LogP contribution is 2.30. The molecule has 0 fully saturated rings. The molecule has 1 aliphatic rings. The van der Waals surface area contributed by atoms with Crippen LogP contribution in [0, 0.1) is 11.6 Å². The zero-order chi connectivity index (χ0) is 23.8. The number of anilines is 1. The summed E-state index contributed by atoms with van der Waals surface area (Å²) < 4.78 is 43.2. The number of hydrogen-bond donors (Lipinski definition) is 3. The van der Waals surface area contributed by atoms with Gasteiger partial charge in [0, 0.05) is 44.1 Å². The van der Waals surface area contributed by atoms with Crippen molar-refractivity contribution in [1.82, 2.24) is 15.6 Å². The number of thiocarbonyl (C=S) groups is 1. The molecule has 0 spiro atoms. The van der Waals surface area contributed by atoms with E-state index in [1.807, 2.05) is 0 Å². The van der Waals surface area contributed by atoms with Crippen molar-refractivity contribution < 1.29 is 27.8 Å². The van der Waals surface area contributed by atoms with Gasteiger partial charge >= 0.3 is 0 Å². The fourth-order valence-corrected chi connectivity index (χ4v) is 3.53. The van der Waals surface area contributed by atoms with E-state index in [0.29, 0.717) is 44.2 Å². The second-order valence-electron chi connectivity index (χ2n) is 6.93. The molecule has 8 nitrogen and oxygen atoms in total. The van der Waals surface area contributed by atoms with E-state index in [2.05, 4.69) is 20.9 Å². The summed E-state index contributed by atoms with van der Waals surface area (Å²) in [5.74, 6) is -2.32. The van der Waals surface area contributed by atoms with Crippen LogP contribution in [-0.4, -0.2) is 49.9 Å². The molecule has 1 aromatic carbocycles. The summed E-state index contributed by atoms with van der Waals surface area (Å²) in [6, 6.07) is 4.05.